The number of nitrogens with one attached hydrogen (secondary N) is 3. The smallest absolute Gasteiger partial charge is 0.326 e. The van der Waals surface area contributed by atoms with Gasteiger partial charge < -0.3 is 60.6 Å². The van der Waals surface area contributed by atoms with Crippen LogP contribution in [0, 0.1) is 0 Å². The molecule has 17 nitrogen and oxygen atoms in total. The Balaban J connectivity index is 5.46. The Kier molecular flexibility index (Phi) is 17.5. The van der Waals surface area contributed by atoms with Gasteiger partial charge in [0.15, 0.2) is 11.9 Å². The molecule has 0 saturated heterocycles. The summed E-state index contributed by atoms with van der Waals surface area (Å²) in [6.07, 6.45) is 0.734. The second kappa shape index (κ2) is 19.4. The van der Waals surface area contributed by atoms with Gasteiger partial charge in [0.2, 0.25) is 17.7 Å². The fraction of sp³-hybridized carbons (Fsp3) is 0.727. The monoisotopic (exact) mass is 559 g/mol. The first kappa shape index (κ1) is 35.3. The maximum atomic E-state index is 13.1. The van der Waals surface area contributed by atoms with E-state index in [9.17, 15) is 29.4 Å². The first-order chi connectivity index (χ1) is 18.3. The third-order valence-electron chi connectivity index (χ3n) is 5.51. The number of unbranched alkanes of at least 4 members (excludes halogenated alkanes) is 1. The Morgan fingerprint density at radius 2 is 1.26 bits per heavy atom. The van der Waals surface area contributed by atoms with Gasteiger partial charge in [0.05, 0.1) is 12.1 Å². The fourth-order valence-electron chi connectivity index (χ4n) is 3.37. The van der Waals surface area contributed by atoms with Crippen molar-refractivity contribution in [1.82, 2.24) is 16.0 Å². The summed E-state index contributed by atoms with van der Waals surface area (Å²) in [6, 6.07) is -4.88. The van der Waals surface area contributed by atoms with Crippen LogP contribution in [-0.4, -0.2) is 95.7 Å². The van der Waals surface area contributed by atoms with Crippen molar-refractivity contribution < 1.29 is 29.4 Å². The molecule has 0 spiro atoms. The number of carbonyl (C=O) groups is 4. The molecule has 224 valence electrons. The van der Waals surface area contributed by atoms with Crippen LogP contribution < -0.4 is 50.4 Å². The van der Waals surface area contributed by atoms with Gasteiger partial charge in [-0.25, -0.2) is 4.79 Å². The van der Waals surface area contributed by atoms with Crippen LogP contribution in [0.15, 0.2) is 9.98 Å². The van der Waals surface area contributed by atoms with Gasteiger partial charge in [0, 0.05) is 13.1 Å². The molecule has 3 amide bonds. The minimum Gasteiger partial charge on any atom is -0.480 e. The molecule has 0 aliphatic rings. The number of carboxylic acids is 1. The van der Waals surface area contributed by atoms with Crippen LogP contribution in [-0.2, 0) is 19.2 Å². The quantitative estimate of drug-likeness (QED) is 0.0381. The normalized spacial score (nSPS) is 14.6. The average Bonchev–Trinajstić information content (AvgIpc) is 2.85. The number of hydrogen-bond donors (Lipinski definition) is 11. The molecule has 0 aromatic heterocycles. The van der Waals surface area contributed by atoms with E-state index < -0.39 is 54.0 Å². The van der Waals surface area contributed by atoms with Crippen LogP contribution >= 0.6 is 0 Å². The van der Waals surface area contributed by atoms with Crippen LogP contribution in [0.4, 0.5) is 0 Å². The molecule has 0 saturated carbocycles. The maximum Gasteiger partial charge on any atom is 0.326 e. The van der Waals surface area contributed by atoms with Gasteiger partial charge in [0.25, 0.3) is 0 Å². The lowest BCUT2D eigenvalue weighted by atomic mass is 10.1. The molecule has 0 unspecified atom stereocenters. The van der Waals surface area contributed by atoms with Gasteiger partial charge in [-0.05, 0) is 58.4 Å². The maximum absolute atomic E-state index is 13.1. The van der Waals surface area contributed by atoms with Crippen LogP contribution in [0.2, 0.25) is 0 Å². The number of nitrogens with zero attached hydrogens (tertiary/aromatic N) is 2. The predicted molar refractivity (Wildman–Crippen MR) is 146 cm³/mol. The van der Waals surface area contributed by atoms with Crippen molar-refractivity contribution in [3.05, 3.63) is 0 Å². The van der Waals surface area contributed by atoms with Crippen LogP contribution in [0.25, 0.3) is 0 Å². The SMILES string of the molecule is C[C@@H](O)[C@H](NC(=O)[C@H](CCCN=C(N)N)NC(=O)[C@@H](N)CCCN=C(N)N)C(=O)N[C@@H](CCCCN)C(=O)O. The number of aliphatic hydroxyl groups is 1. The third-order valence-corrected chi connectivity index (χ3v) is 5.51. The van der Waals surface area contributed by atoms with Gasteiger partial charge in [-0.15, -0.1) is 0 Å². The molecule has 17 N–H and O–H groups in total. The lowest BCUT2D eigenvalue weighted by molar-refractivity contribution is -0.143. The number of aliphatic hydroxyl groups excluding tert-OH is 1. The first-order valence-electron chi connectivity index (χ1n) is 12.7. The summed E-state index contributed by atoms with van der Waals surface area (Å²) >= 11 is 0. The molecule has 0 fully saturated rings. The number of aliphatic imine (C=N–C) groups is 2. The minimum atomic E-state index is -1.50. The number of nitrogens with two attached hydrogens (primary N) is 6. The molecule has 0 heterocycles. The molecule has 17 heteroatoms. The topological polar surface area (TPSA) is 326 Å². The van der Waals surface area contributed by atoms with Crippen molar-refractivity contribution in [2.24, 2.45) is 44.4 Å². The lowest BCUT2D eigenvalue weighted by Gasteiger charge is -2.26. The highest BCUT2D eigenvalue weighted by Crippen LogP contribution is 2.06. The van der Waals surface area contributed by atoms with Crippen LogP contribution in [0.3, 0.4) is 0 Å². The number of amides is 3. The molecular formula is C22H45N11O6. The van der Waals surface area contributed by atoms with Crippen molar-refractivity contribution in [3.8, 4) is 0 Å². The highest BCUT2D eigenvalue weighted by molar-refractivity contribution is 5.94. The van der Waals surface area contributed by atoms with Crippen molar-refractivity contribution in [3.63, 3.8) is 0 Å². The molecule has 0 aromatic carbocycles. The minimum absolute atomic E-state index is 0.0695. The average molecular weight is 560 g/mol. The number of carbonyl (C=O) groups excluding carboxylic acids is 3. The molecular weight excluding hydrogens is 514 g/mol. The molecule has 0 aliphatic heterocycles. The van der Waals surface area contributed by atoms with Crippen molar-refractivity contribution >= 4 is 35.6 Å². The van der Waals surface area contributed by atoms with Gasteiger partial charge in [-0.2, -0.15) is 0 Å². The summed E-state index contributed by atoms with van der Waals surface area (Å²) in [5.74, 6) is -3.83. The Bertz CT molecular complexity index is 844. The largest absolute Gasteiger partial charge is 0.480 e. The van der Waals surface area contributed by atoms with E-state index in [-0.39, 0.29) is 50.7 Å². The molecule has 0 bridgehead atoms. The molecule has 0 rings (SSSR count). The van der Waals surface area contributed by atoms with E-state index >= 15 is 0 Å². The van der Waals surface area contributed by atoms with Gasteiger partial charge in [-0.1, -0.05) is 0 Å². The highest BCUT2D eigenvalue weighted by atomic mass is 16.4. The number of carboxylic acid groups (broad SMARTS) is 1. The summed E-state index contributed by atoms with van der Waals surface area (Å²) in [5, 5.41) is 26.8. The number of aliphatic carboxylic acids is 1. The molecule has 5 atom stereocenters. The van der Waals surface area contributed by atoms with E-state index in [1.54, 1.807) is 0 Å². The van der Waals surface area contributed by atoms with Crippen LogP contribution in [0.1, 0.15) is 51.9 Å². The Morgan fingerprint density at radius 3 is 1.74 bits per heavy atom. The van der Waals surface area contributed by atoms with Crippen molar-refractivity contribution in [2.75, 3.05) is 19.6 Å². The third kappa shape index (κ3) is 16.0. The van der Waals surface area contributed by atoms with Gasteiger partial charge >= 0.3 is 5.97 Å². The van der Waals surface area contributed by atoms with E-state index in [4.69, 9.17) is 34.4 Å². The lowest BCUT2D eigenvalue weighted by Crippen LogP contribution is -2.59. The highest BCUT2D eigenvalue weighted by Gasteiger charge is 2.32. The fourth-order valence-corrected chi connectivity index (χ4v) is 3.37. The second-order valence-electron chi connectivity index (χ2n) is 8.98. The van der Waals surface area contributed by atoms with E-state index in [0.717, 1.165) is 0 Å². The van der Waals surface area contributed by atoms with Gasteiger partial charge in [0.1, 0.15) is 18.1 Å². The Labute approximate surface area is 227 Å². The van der Waals surface area contributed by atoms with E-state index in [2.05, 4.69) is 25.9 Å². The number of rotatable bonds is 20. The number of guanidine groups is 2. The molecule has 0 radical (unpaired) electrons. The zero-order valence-electron chi connectivity index (χ0n) is 22.3. The summed E-state index contributed by atoms with van der Waals surface area (Å²) in [4.78, 5) is 57.7. The molecule has 0 aromatic rings. The van der Waals surface area contributed by atoms with E-state index in [1.807, 2.05) is 0 Å². The zero-order valence-corrected chi connectivity index (χ0v) is 22.3. The van der Waals surface area contributed by atoms with Crippen molar-refractivity contribution in [1.29, 1.82) is 0 Å². The zero-order chi connectivity index (χ0) is 30.0. The Hall–Kier alpha value is -3.70. The number of hydrogen-bond acceptors (Lipinski definition) is 9. The summed E-state index contributed by atoms with van der Waals surface area (Å²) in [7, 11) is 0. The Morgan fingerprint density at radius 1 is 0.744 bits per heavy atom. The van der Waals surface area contributed by atoms with Gasteiger partial charge in [-0.3, -0.25) is 24.4 Å². The standard InChI is InChI=1S/C22H45N11O6/c1-12(34)16(19(37)32-15(20(38)39)7-2-3-9-23)33-18(36)14(8-5-11-30-22(27)28)31-17(35)13(24)6-4-10-29-21(25)26/h12-16,34H,2-11,23-24H2,1H3,(H,31,35)(H,32,37)(H,33,36)(H,38,39)(H4,25,26,29)(H4,27,28,30)/t12-,13+,14+,15+,16+/m1/s1. The van der Waals surface area contributed by atoms with Crippen LogP contribution in [0.5, 0.6) is 0 Å². The molecule has 39 heavy (non-hydrogen) atoms. The second-order valence-corrected chi connectivity index (χ2v) is 8.98. The van der Waals surface area contributed by atoms with E-state index in [1.165, 1.54) is 6.92 Å². The first-order valence-corrected chi connectivity index (χ1v) is 12.7. The summed E-state index contributed by atoms with van der Waals surface area (Å²) in [5.41, 5.74) is 32.5. The molecule has 0 aliphatic carbocycles. The predicted octanol–water partition coefficient (Wildman–Crippen LogP) is -4.53. The summed E-state index contributed by atoms with van der Waals surface area (Å²) in [6.45, 7) is 2.05. The van der Waals surface area contributed by atoms with E-state index in [0.29, 0.717) is 25.8 Å². The van der Waals surface area contributed by atoms with Crippen molar-refractivity contribution in [2.45, 2.75) is 82.1 Å². The summed E-state index contributed by atoms with van der Waals surface area (Å²) < 4.78 is 0.